The molecule has 1 aliphatic rings. The van der Waals surface area contributed by atoms with Gasteiger partial charge in [0.05, 0.1) is 36.7 Å². The number of anilines is 1. The maximum Gasteiger partial charge on any atom is 0.243 e. The second kappa shape index (κ2) is 10.3. The van der Waals surface area contributed by atoms with E-state index in [4.69, 9.17) is 9.47 Å². The molecular formula is C21H23N5O5S2. The molecule has 0 spiro atoms. The lowest BCUT2D eigenvalue weighted by atomic mass is 10.3. The molecule has 1 aromatic heterocycles. The van der Waals surface area contributed by atoms with E-state index >= 15 is 0 Å². The highest BCUT2D eigenvalue weighted by molar-refractivity contribution is 7.99. The highest BCUT2D eigenvalue weighted by atomic mass is 32.2. The van der Waals surface area contributed by atoms with Gasteiger partial charge in [0.25, 0.3) is 0 Å². The van der Waals surface area contributed by atoms with Gasteiger partial charge in [-0.3, -0.25) is 9.36 Å². The van der Waals surface area contributed by atoms with Crippen LogP contribution in [0.25, 0.3) is 5.69 Å². The largest absolute Gasteiger partial charge is 0.495 e. The number of methoxy groups -OCH3 is 1. The summed E-state index contributed by atoms with van der Waals surface area (Å²) >= 11 is 1.23. The van der Waals surface area contributed by atoms with Crippen LogP contribution < -0.4 is 10.1 Å². The molecule has 0 radical (unpaired) electrons. The minimum atomic E-state index is -3.58. The highest BCUT2D eigenvalue weighted by Gasteiger charge is 2.26. The molecule has 0 saturated carbocycles. The number of para-hydroxylation sites is 2. The van der Waals surface area contributed by atoms with Crippen molar-refractivity contribution in [1.29, 1.82) is 0 Å². The summed E-state index contributed by atoms with van der Waals surface area (Å²) in [4.78, 5) is 12.6. The average Bonchev–Trinajstić information content (AvgIpc) is 3.32. The quantitative estimate of drug-likeness (QED) is 0.478. The number of morpholine rings is 1. The standard InChI is InChI=1S/C21H23N5O5S2/c1-30-19-5-3-2-4-18(19)26-15-22-24-21(26)32-14-20(27)23-16-6-8-17(9-7-16)33(28,29)25-10-12-31-13-11-25/h2-9,15H,10-14H2,1H3,(H,23,27). The molecule has 4 rings (SSSR count). The van der Waals surface area contributed by atoms with Crippen LogP contribution in [0.2, 0.25) is 0 Å². The lowest BCUT2D eigenvalue weighted by Gasteiger charge is -2.26. The summed E-state index contributed by atoms with van der Waals surface area (Å²) in [6, 6.07) is 13.6. The van der Waals surface area contributed by atoms with Gasteiger partial charge in [0.2, 0.25) is 15.9 Å². The van der Waals surface area contributed by atoms with Crippen LogP contribution in [0.4, 0.5) is 5.69 Å². The molecule has 10 nitrogen and oxygen atoms in total. The van der Waals surface area contributed by atoms with Gasteiger partial charge in [-0.2, -0.15) is 4.31 Å². The van der Waals surface area contributed by atoms with Gasteiger partial charge >= 0.3 is 0 Å². The van der Waals surface area contributed by atoms with Crippen molar-refractivity contribution in [2.75, 3.05) is 44.5 Å². The number of hydrogen-bond donors (Lipinski definition) is 1. The van der Waals surface area contributed by atoms with Gasteiger partial charge in [-0.1, -0.05) is 23.9 Å². The number of nitrogens with zero attached hydrogens (tertiary/aromatic N) is 4. The first kappa shape index (κ1) is 23.2. The Morgan fingerprint density at radius 3 is 2.61 bits per heavy atom. The Morgan fingerprint density at radius 2 is 1.88 bits per heavy atom. The number of carbonyl (C=O) groups is 1. The molecule has 0 aliphatic carbocycles. The van der Waals surface area contributed by atoms with E-state index in [-0.39, 0.29) is 16.6 Å². The number of ether oxygens (including phenoxy) is 2. The third-order valence-corrected chi connectivity index (χ3v) is 7.80. The van der Waals surface area contributed by atoms with E-state index in [1.165, 1.54) is 28.2 Å². The first-order valence-corrected chi connectivity index (χ1v) is 12.6. The van der Waals surface area contributed by atoms with Gasteiger partial charge in [-0.15, -0.1) is 10.2 Å². The molecule has 2 aromatic carbocycles. The van der Waals surface area contributed by atoms with Gasteiger partial charge in [-0.05, 0) is 36.4 Å². The van der Waals surface area contributed by atoms with Crippen LogP contribution in [0.3, 0.4) is 0 Å². The van der Waals surface area contributed by atoms with E-state index in [0.717, 1.165) is 5.69 Å². The van der Waals surface area contributed by atoms with Crippen molar-refractivity contribution in [3.63, 3.8) is 0 Å². The van der Waals surface area contributed by atoms with Crippen LogP contribution in [0.1, 0.15) is 0 Å². The maximum atomic E-state index is 12.7. The SMILES string of the molecule is COc1ccccc1-n1cnnc1SCC(=O)Nc1ccc(S(=O)(=O)N2CCOCC2)cc1. The van der Waals surface area contributed by atoms with E-state index in [0.29, 0.717) is 42.9 Å². The molecule has 1 aliphatic heterocycles. The minimum absolute atomic E-state index is 0.0989. The molecule has 0 bridgehead atoms. The Balaban J connectivity index is 1.37. The summed E-state index contributed by atoms with van der Waals surface area (Å²) in [6.45, 7) is 1.43. The smallest absolute Gasteiger partial charge is 0.243 e. The lowest BCUT2D eigenvalue weighted by molar-refractivity contribution is -0.113. The molecule has 2 heterocycles. The Hall–Kier alpha value is -2.93. The molecular weight excluding hydrogens is 466 g/mol. The first-order chi connectivity index (χ1) is 16.0. The number of benzene rings is 2. The number of amides is 1. The van der Waals surface area contributed by atoms with Crippen molar-refractivity contribution in [2.45, 2.75) is 10.1 Å². The average molecular weight is 490 g/mol. The molecule has 1 amide bonds. The van der Waals surface area contributed by atoms with Crippen LogP contribution >= 0.6 is 11.8 Å². The fourth-order valence-electron chi connectivity index (χ4n) is 3.29. The number of thioether (sulfide) groups is 1. The number of nitrogens with one attached hydrogen (secondary N) is 1. The monoisotopic (exact) mass is 489 g/mol. The number of rotatable bonds is 8. The molecule has 174 valence electrons. The highest BCUT2D eigenvalue weighted by Crippen LogP contribution is 2.27. The van der Waals surface area contributed by atoms with Gasteiger partial charge in [0.15, 0.2) is 5.16 Å². The second-order valence-electron chi connectivity index (χ2n) is 7.03. The first-order valence-electron chi connectivity index (χ1n) is 10.1. The molecule has 1 fully saturated rings. The fourth-order valence-corrected chi connectivity index (χ4v) is 5.42. The third-order valence-electron chi connectivity index (χ3n) is 4.94. The van der Waals surface area contributed by atoms with Gasteiger partial charge in [-0.25, -0.2) is 8.42 Å². The van der Waals surface area contributed by atoms with Crippen molar-refractivity contribution >= 4 is 33.4 Å². The summed E-state index contributed by atoms with van der Waals surface area (Å²) in [5.41, 5.74) is 1.28. The van der Waals surface area contributed by atoms with Crippen LogP contribution in [0.15, 0.2) is 64.9 Å². The Labute approximate surface area is 196 Å². The predicted octanol–water partition coefficient (Wildman–Crippen LogP) is 2.03. The second-order valence-corrected chi connectivity index (χ2v) is 9.91. The van der Waals surface area contributed by atoms with Gasteiger partial charge in [0, 0.05) is 18.8 Å². The summed E-state index contributed by atoms with van der Waals surface area (Å²) in [7, 11) is -1.99. The van der Waals surface area contributed by atoms with E-state index in [1.54, 1.807) is 30.1 Å². The molecule has 33 heavy (non-hydrogen) atoms. The maximum absolute atomic E-state index is 12.7. The summed E-state index contributed by atoms with van der Waals surface area (Å²) < 4.78 is 39.2. The summed E-state index contributed by atoms with van der Waals surface area (Å²) in [5.74, 6) is 0.510. The van der Waals surface area contributed by atoms with E-state index in [2.05, 4.69) is 15.5 Å². The fraction of sp³-hybridized carbons (Fsp3) is 0.286. The van der Waals surface area contributed by atoms with Crippen molar-refractivity contribution in [1.82, 2.24) is 19.1 Å². The predicted molar refractivity (Wildman–Crippen MR) is 123 cm³/mol. The van der Waals surface area contributed by atoms with Crippen LogP contribution in [-0.2, 0) is 19.6 Å². The van der Waals surface area contributed by atoms with Crippen molar-refractivity contribution in [3.8, 4) is 11.4 Å². The third kappa shape index (κ3) is 5.36. The van der Waals surface area contributed by atoms with Crippen molar-refractivity contribution in [3.05, 3.63) is 54.9 Å². The van der Waals surface area contributed by atoms with Gasteiger partial charge < -0.3 is 14.8 Å². The molecule has 1 N–H and O–H groups in total. The molecule has 3 aromatic rings. The molecule has 0 atom stereocenters. The van der Waals surface area contributed by atoms with Crippen molar-refractivity contribution in [2.24, 2.45) is 0 Å². The van der Waals surface area contributed by atoms with E-state index < -0.39 is 10.0 Å². The molecule has 1 saturated heterocycles. The summed E-state index contributed by atoms with van der Waals surface area (Å²) in [5, 5.41) is 11.4. The lowest BCUT2D eigenvalue weighted by Crippen LogP contribution is -2.40. The number of hydrogen-bond acceptors (Lipinski definition) is 8. The molecule has 12 heteroatoms. The van der Waals surface area contributed by atoms with Crippen LogP contribution in [-0.4, -0.2) is 72.6 Å². The number of sulfonamides is 1. The van der Waals surface area contributed by atoms with Crippen LogP contribution in [0.5, 0.6) is 5.75 Å². The topological polar surface area (TPSA) is 116 Å². The zero-order valence-corrected chi connectivity index (χ0v) is 19.5. The van der Waals surface area contributed by atoms with E-state index in [9.17, 15) is 13.2 Å². The Kier molecular flexibility index (Phi) is 7.28. The Bertz CT molecular complexity index is 1210. The summed E-state index contributed by atoms with van der Waals surface area (Å²) in [6.07, 6.45) is 1.56. The van der Waals surface area contributed by atoms with Crippen molar-refractivity contribution < 1.29 is 22.7 Å². The van der Waals surface area contributed by atoms with Crippen LogP contribution in [0, 0.1) is 0 Å². The minimum Gasteiger partial charge on any atom is -0.495 e. The number of carbonyl (C=O) groups excluding carboxylic acids is 1. The zero-order valence-electron chi connectivity index (χ0n) is 17.9. The molecule has 0 unspecified atom stereocenters. The van der Waals surface area contributed by atoms with E-state index in [1.807, 2.05) is 24.3 Å². The zero-order chi connectivity index (χ0) is 23.3. The van der Waals surface area contributed by atoms with Gasteiger partial charge in [0.1, 0.15) is 12.1 Å². The normalized spacial score (nSPS) is 14.7. The Morgan fingerprint density at radius 1 is 1.15 bits per heavy atom. The number of aromatic nitrogens is 3.